The second kappa shape index (κ2) is 8.79. The van der Waals surface area contributed by atoms with Crippen molar-refractivity contribution < 1.29 is 14.3 Å². The first-order valence-electron chi connectivity index (χ1n) is 8.67. The van der Waals surface area contributed by atoms with E-state index in [1.54, 1.807) is 0 Å². The highest BCUT2D eigenvalue weighted by Crippen LogP contribution is 2.32. The predicted octanol–water partition coefficient (Wildman–Crippen LogP) is 4.46. The third-order valence-corrected chi connectivity index (χ3v) is 5.65. The molecule has 2 aromatic rings. The highest BCUT2D eigenvalue weighted by atomic mass is 35.5. The number of nitrogens with zero attached hydrogens (tertiary/aromatic N) is 2. The Morgan fingerprint density at radius 2 is 2.15 bits per heavy atom. The lowest BCUT2D eigenvalue weighted by Gasteiger charge is -2.09. The van der Waals surface area contributed by atoms with E-state index < -0.39 is 0 Å². The van der Waals surface area contributed by atoms with E-state index in [0.717, 1.165) is 46.4 Å². The number of rotatable bonds is 7. The monoisotopic (exact) mass is 395 g/mol. The smallest absolute Gasteiger partial charge is 0.226 e. The maximum atomic E-state index is 12.0. The number of aromatic nitrogens is 2. The highest BCUT2D eigenvalue weighted by molar-refractivity contribution is 7.15. The number of aryl methyl sites for hydroxylation is 2. The first kappa shape index (κ1) is 19.1. The van der Waals surface area contributed by atoms with E-state index >= 15 is 0 Å². The van der Waals surface area contributed by atoms with Crippen LogP contribution in [0, 0.1) is 13.8 Å². The molecule has 0 bridgehead atoms. The number of halogens is 1. The van der Waals surface area contributed by atoms with Crippen LogP contribution in [0.4, 0.5) is 5.13 Å². The zero-order valence-corrected chi connectivity index (χ0v) is 16.5. The van der Waals surface area contributed by atoms with Crippen LogP contribution in [0.3, 0.4) is 0 Å². The van der Waals surface area contributed by atoms with Crippen LogP contribution in [0.25, 0.3) is 0 Å². The molecule has 26 heavy (non-hydrogen) atoms. The Hall–Kier alpha value is -1.70. The molecule has 3 rings (SSSR count). The number of hydrogen-bond acceptors (Lipinski definition) is 6. The fourth-order valence-electron chi connectivity index (χ4n) is 2.78. The van der Waals surface area contributed by atoms with E-state index in [9.17, 15) is 4.79 Å². The van der Waals surface area contributed by atoms with Crippen molar-refractivity contribution >= 4 is 34.0 Å². The van der Waals surface area contributed by atoms with Crippen LogP contribution in [0.5, 0.6) is 5.75 Å². The lowest BCUT2D eigenvalue weighted by molar-refractivity contribution is -0.116. The van der Waals surface area contributed by atoms with E-state index in [-0.39, 0.29) is 12.0 Å². The number of hydrogen-bond donors (Lipinski definition) is 1. The molecule has 6 nitrogen and oxygen atoms in total. The molecule has 0 aliphatic carbocycles. The number of benzene rings is 1. The lowest BCUT2D eigenvalue weighted by Crippen LogP contribution is -2.12. The summed E-state index contributed by atoms with van der Waals surface area (Å²) in [5.74, 6) is 0.683. The van der Waals surface area contributed by atoms with Crippen LogP contribution in [-0.2, 0) is 9.53 Å². The Morgan fingerprint density at radius 1 is 1.38 bits per heavy atom. The number of nitrogens with one attached hydrogen (secondary N) is 1. The molecule has 0 radical (unpaired) electrons. The summed E-state index contributed by atoms with van der Waals surface area (Å²) in [6.07, 6.45) is 3.00. The molecule has 0 spiro atoms. The van der Waals surface area contributed by atoms with Crippen LogP contribution in [0.15, 0.2) is 12.1 Å². The first-order chi connectivity index (χ1) is 12.5. The number of carbonyl (C=O) groups is 1. The van der Waals surface area contributed by atoms with Gasteiger partial charge in [-0.3, -0.25) is 4.79 Å². The molecule has 2 heterocycles. The molecule has 1 atom stereocenters. The quantitative estimate of drug-likeness (QED) is 0.700. The zero-order valence-electron chi connectivity index (χ0n) is 14.9. The second-order valence-corrected chi connectivity index (χ2v) is 7.71. The maximum absolute atomic E-state index is 12.0. The van der Waals surface area contributed by atoms with Crippen LogP contribution < -0.4 is 10.1 Å². The molecule has 1 aromatic carbocycles. The molecule has 1 amide bonds. The minimum Gasteiger partial charge on any atom is -0.494 e. The summed E-state index contributed by atoms with van der Waals surface area (Å²) >= 11 is 7.52. The molecular weight excluding hydrogens is 374 g/mol. The van der Waals surface area contributed by atoms with E-state index in [0.29, 0.717) is 24.6 Å². The lowest BCUT2D eigenvalue weighted by atomic mass is 10.1. The van der Waals surface area contributed by atoms with Gasteiger partial charge < -0.3 is 14.8 Å². The van der Waals surface area contributed by atoms with Crippen LogP contribution in [0.2, 0.25) is 5.02 Å². The second-order valence-electron chi connectivity index (χ2n) is 6.32. The largest absolute Gasteiger partial charge is 0.494 e. The minimum atomic E-state index is -0.0906. The highest BCUT2D eigenvalue weighted by Gasteiger charge is 2.22. The molecule has 0 saturated carbocycles. The van der Waals surface area contributed by atoms with Gasteiger partial charge in [0.15, 0.2) is 0 Å². The van der Waals surface area contributed by atoms with E-state index in [4.69, 9.17) is 21.1 Å². The molecule has 1 unspecified atom stereocenters. The van der Waals surface area contributed by atoms with Crippen LogP contribution in [-0.4, -0.2) is 29.3 Å². The molecule has 1 fully saturated rings. The molecule has 140 valence electrons. The number of carbonyl (C=O) groups excluding carboxylic acids is 1. The topological polar surface area (TPSA) is 73.3 Å². The average Bonchev–Trinajstić information content (AvgIpc) is 3.28. The maximum Gasteiger partial charge on any atom is 0.226 e. The molecule has 8 heteroatoms. The van der Waals surface area contributed by atoms with Gasteiger partial charge in [0.05, 0.1) is 6.61 Å². The summed E-state index contributed by atoms with van der Waals surface area (Å²) in [5.41, 5.74) is 1.97. The van der Waals surface area contributed by atoms with Crippen molar-refractivity contribution in [1.82, 2.24) is 10.2 Å². The van der Waals surface area contributed by atoms with E-state index in [1.165, 1.54) is 11.3 Å². The van der Waals surface area contributed by atoms with Crippen molar-refractivity contribution in [3.05, 3.63) is 33.3 Å². The summed E-state index contributed by atoms with van der Waals surface area (Å²) in [6, 6.07) is 3.81. The third kappa shape index (κ3) is 4.93. The van der Waals surface area contributed by atoms with Gasteiger partial charge in [-0.25, -0.2) is 0 Å². The van der Waals surface area contributed by atoms with Gasteiger partial charge in [0.2, 0.25) is 11.0 Å². The van der Waals surface area contributed by atoms with Gasteiger partial charge in [-0.05, 0) is 56.4 Å². The molecule has 1 N–H and O–H groups in total. The molecule has 1 saturated heterocycles. The van der Waals surface area contributed by atoms with Crippen molar-refractivity contribution in [3.8, 4) is 5.75 Å². The molecule has 1 aliphatic rings. The van der Waals surface area contributed by atoms with Gasteiger partial charge in [0, 0.05) is 18.1 Å². The minimum absolute atomic E-state index is 0.0258. The van der Waals surface area contributed by atoms with Crippen molar-refractivity contribution in [3.63, 3.8) is 0 Å². The normalized spacial score (nSPS) is 16.7. The number of amides is 1. The molecule has 1 aromatic heterocycles. The fraction of sp³-hybridized carbons (Fsp3) is 0.500. The Bertz CT molecular complexity index is 752. The van der Waals surface area contributed by atoms with Gasteiger partial charge in [-0.15, -0.1) is 10.2 Å². The van der Waals surface area contributed by atoms with Crippen LogP contribution in [0.1, 0.15) is 47.9 Å². The Labute approximate surface area is 161 Å². The van der Waals surface area contributed by atoms with Crippen molar-refractivity contribution in [2.75, 3.05) is 18.5 Å². The number of ether oxygens (including phenoxy) is 2. The summed E-state index contributed by atoms with van der Waals surface area (Å²) < 4.78 is 11.3. The van der Waals surface area contributed by atoms with Gasteiger partial charge in [-0.2, -0.15) is 0 Å². The van der Waals surface area contributed by atoms with Crippen molar-refractivity contribution in [1.29, 1.82) is 0 Å². The SMILES string of the molecule is Cc1cc(OCCCC(=O)Nc2nnc(C3CCCO3)s2)cc(C)c1Cl. The summed E-state index contributed by atoms with van der Waals surface area (Å²) in [5, 5.41) is 13.0. The number of anilines is 1. The first-order valence-corrected chi connectivity index (χ1v) is 9.87. The fourth-order valence-corrected chi connectivity index (χ4v) is 3.73. The van der Waals surface area contributed by atoms with E-state index in [2.05, 4.69) is 15.5 Å². The Kier molecular flexibility index (Phi) is 6.45. The summed E-state index contributed by atoms with van der Waals surface area (Å²) in [7, 11) is 0. The van der Waals surface area contributed by atoms with Gasteiger partial charge >= 0.3 is 0 Å². The van der Waals surface area contributed by atoms with Crippen molar-refractivity contribution in [2.24, 2.45) is 0 Å². The summed E-state index contributed by atoms with van der Waals surface area (Å²) in [4.78, 5) is 12.0. The van der Waals surface area contributed by atoms with Gasteiger partial charge in [0.25, 0.3) is 0 Å². The third-order valence-electron chi connectivity index (χ3n) is 4.12. The zero-order chi connectivity index (χ0) is 18.5. The Morgan fingerprint density at radius 3 is 2.85 bits per heavy atom. The average molecular weight is 396 g/mol. The van der Waals surface area contributed by atoms with Crippen LogP contribution >= 0.6 is 22.9 Å². The Balaban J connectivity index is 1.40. The van der Waals surface area contributed by atoms with Crippen molar-refractivity contribution in [2.45, 2.75) is 45.6 Å². The van der Waals surface area contributed by atoms with Gasteiger partial charge in [-0.1, -0.05) is 22.9 Å². The molecule has 1 aliphatic heterocycles. The van der Waals surface area contributed by atoms with E-state index in [1.807, 2.05) is 26.0 Å². The van der Waals surface area contributed by atoms with Gasteiger partial charge in [0.1, 0.15) is 16.9 Å². The standard InChI is InChI=1S/C18H22ClN3O3S/c1-11-9-13(10-12(2)16(11)19)24-7-4-6-15(23)20-18-22-21-17(26-18)14-5-3-8-25-14/h9-10,14H,3-8H2,1-2H3,(H,20,22,23). The predicted molar refractivity (Wildman–Crippen MR) is 102 cm³/mol. The summed E-state index contributed by atoms with van der Waals surface area (Å²) in [6.45, 7) is 5.12. The molecular formula is C18H22ClN3O3S.